The first-order chi connectivity index (χ1) is 7.20. The predicted molar refractivity (Wildman–Crippen MR) is 67.1 cm³/mol. The lowest BCUT2D eigenvalue weighted by atomic mass is 10.1. The van der Waals surface area contributed by atoms with E-state index in [1.54, 1.807) is 0 Å². The van der Waals surface area contributed by atoms with Gasteiger partial charge in [-0.25, -0.2) is 4.98 Å². The number of aromatic nitrogens is 1. The first-order valence-electron chi connectivity index (χ1n) is 5.59. The lowest BCUT2D eigenvalue weighted by Crippen LogP contribution is -2.21. The quantitative estimate of drug-likeness (QED) is 0.900. The van der Waals surface area contributed by atoms with Crippen molar-refractivity contribution in [1.29, 1.82) is 0 Å². The van der Waals surface area contributed by atoms with Gasteiger partial charge in [0.2, 0.25) is 0 Å². The van der Waals surface area contributed by atoms with Gasteiger partial charge in [0.05, 0.1) is 0 Å². The maximum absolute atomic E-state index is 4.38. The second-order valence-electron chi connectivity index (χ2n) is 4.32. The van der Waals surface area contributed by atoms with Gasteiger partial charge in [-0.3, -0.25) is 0 Å². The molecular formula is C12H17BrN2. The smallest absolute Gasteiger partial charge is 0.126 e. The molecule has 82 valence electrons. The molecule has 0 saturated heterocycles. The number of hydrogen-bond acceptors (Lipinski definition) is 2. The molecule has 1 aliphatic rings. The van der Waals surface area contributed by atoms with E-state index < -0.39 is 0 Å². The first-order valence-corrected chi connectivity index (χ1v) is 6.38. The molecule has 1 saturated carbocycles. The van der Waals surface area contributed by atoms with Crippen LogP contribution in [0.4, 0.5) is 5.82 Å². The standard InChI is InChI=1S/C12H17BrN2/c1-3-11(9-4-5-9)15-12-6-8(2)10(13)7-14-12/h6-7,9,11H,3-5H2,1-2H3,(H,14,15). The third-order valence-electron chi connectivity index (χ3n) is 3.01. The molecule has 0 radical (unpaired) electrons. The molecule has 1 unspecified atom stereocenters. The van der Waals surface area contributed by atoms with Crippen molar-refractivity contribution >= 4 is 21.7 Å². The summed E-state index contributed by atoms with van der Waals surface area (Å²) in [6.07, 6.45) is 5.81. The van der Waals surface area contributed by atoms with Gasteiger partial charge in [-0.1, -0.05) is 6.92 Å². The fourth-order valence-electron chi connectivity index (χ4n) is 1.86. The summed E-state index contributed by atoms with van der Waals surface area (Å²) >= 11 is 3.46. The molecule has 0 bridgehead atoms. The molecule has 1 heterocycles. The summed E-state index contributed by atoms with van der Waals surface area (Å²) in [5.74, 6) is 1.88. The normalized spacial score (nSPS) is 17.5. The second-order valence-corrected chi connectivity index (χ2v) is 5.17. The molecule has 1 fully saturated rings. The lowest BCUT2D eigenvalue weighted by molar-refractivity contribution is 0.614. The molecule has 0 aromatic carbocycles. The number of rotatable bonds is 4. The van der Waals surface area contributed by atoms with Crippen molar-refractivity contribution in [2.24, 2.45) is 5.92 Å². The fourth-order valence-corrected chi connectivity index (χ4v) is 2.08. The Bertz CT molecular complexity index is 347. The molecule has 1 aromatic heterocycles. The zero-order valence-electron chi connectivity index (χ0n) is 9.26. The van der Waals surface area contributed by atoms with Gasteiger partial charge in [0.1, 0.15) is 5.82 Å². The minimum absolute atomic E-state index is 0.609. The van der Waals surface area contributed by atoms with E-state index in [9.17, 15) is 0 Å². The molecule has 1 aromatic rings. The van der Waals surface area contributed by atoms with Crippen LogP contribution < -0.4 is 5.32 Å². The monoisotopic (exact) mass is 268 g/mol. The maximum Gasteiger partial charge on any atom is 0.126 e. The van der Waals surface area contributed by atoms with Gasteiger partial charge in [-0.15, -0.1) is 0 Å². The van der Waals surface area contributed by atoms with E-state index in [1.165, 1.54) is 24.8 Å². The molecular weight excluding hydrogens is 252 g/mol. The van der Waals surface area contributed by atoms with Crippen LogP contribution in [0.1, 0.15) is 31.7 Å². The Morgan fingerprint density at radius 3 is 2.87 bits per heavy atom. The average molecular weight is 269 g/mol. The van der Waals surface area contributed by atoms with E-state index in [2.05, 4.69) is 46.1 Å². The van der Waals surface area contributed by atoms with Crippen LogP contribution in [0.3, 0.4) is 0 Å². The van der Waals surface area contributed by atoms with E-state index in [0.717, 1.165) is 16.2 Å². The lowest BCUT2D eigenvalue weighted by Gasteiger charge is -2.17. The zero-order valence-corrected chi connectivity index (χ0v) is 10.8. The average Bonchev–Trinajstić information content (AvgIpc) is 3.03. The van der Waals surface area contributed by atoms with Crippen LogP contribution in [0.5, 0.6) is 0 Å². The molecule has 0 amide bonds. The number of anilines is 1. The van der Waals surface area contributed by atoms with E-state index in [1.807, 2.05) is 6.20 Å². The minimum Gasteiger partial charge on any atom is -0.367 e. The van der Waals surface area contributed by atoms with Crippen molar-refractivity contribution < 1.29 is 0 Å². The second kappa shape index (κ2) is 4.52. The number of pyridine rings is 1. The van der Waals surface area contributed by atoms with Crippen molar-refractivity contribution in [3.63, 3.8) is 0 Å². The zero-order chi connectivity index (χ0) is 10.8. The van der Waals surface area contributed by atoms with Gasteiger partial charge in [-0.2, -0.15) is 0 Å². The van der Waals surface area contributed by atoms with Gasteiger partial charge >= 0.3 is 0 Å². The van der Waals surface area contributed by atoms with E-state index in [-0.39, 0.29) is 0 Å². The number of nitrogens with one attached hydrogen (secondary N) is 1. The molecule has 1 N–H and O–H groups in total. The Hall–Kier alpha value is -0.570. The first kappa shape index (κ1) is 10.9. The summed E-state index contributed by atoms with van der Waals surface area (Å²) in [6, 6.07) is 2.72. The number of hydrogen-bond donors (Lipinski definition) is 1. The topological polar surface area (TPSA) is 24.9 Å². The van der Waals surface area contributed by atoms with E-state index in [4.69, 9.17) is 0 Å². The van der Waals surface area contributed by atoms with Crippen LogP contribution >= 0.6 is 15.9 Å². The van der Waals surface area contributed by atoms with Crippen molar-refractivity contribution in [2.45, 2.75) is 39.2 Å². The Morgan fingerprint density at radius 1 is 1.60 bits per heavy atom. The molecule has 3 heteroatoms. The summed E-state index contributed by atoms with van der Waals surface area (Å²) in [5, 5.41) is 3.53. The van der Waals surface area contributed by atoms with E-state index in [0.29, 0.717) is 6.04 Å². The largest absolute Gasteiger partial charge is 0.367 e. The number of aryl methyl sites for hydroxylation is 1. The van der Waals surface area contributed by atoms with Gasteiger partial charge in [0, 0.05) is 16.7 Å². The van der Waals surface area contributed by atoms with Gasteiger partial charge in [0.25, 0.3) is 0 Å². The molecule has 1 aliphatic carbocycles. The number of halogens is 1. The Balaban J connectivity index is 2.05. The van der Waals surface area contributed by atoms with Crippen molar-refractivity contribution in [3.05, 3.63) is 22.3 Å². The van der Waals surface area contributed by atoms with Crippen LogP contribution in [0.25, 0.3) is 0 Å². The van der Waals surface area contributed by atoms with Crippen LogP contribution in [0, 0.1) is 12.8 Å². The molecule has 0 spiro atoms. The third kappa shape index (κ3) is 2.71. The summed E-state index contributed by atoms with van der Waals surface area (Å²) in [4.78, 5) is 4.38. The molecule has 2 rings (SSSR count). The summed E-state index contributed by atoms with van der Waals surface area (Å²) < 4.78 is 1.08. The third-order valence-corrected chi connectivity index (χ3v) is 3.84. The minimum atomic E-state index is 0.609. The van der Waals surface area contributed by atoms with Crippen LogP contribution in [-0.2, 0) is 0 Å². The molecule has 1 atom stereocenters. The van der Waals surface area contributed by atoms with E-state index >= 15 is 0 Å². The highest BCUT2D eigenvalue weighted by Crippen LogP contribution is 2.35. The van der Waals surface area contributed by atoms with Crippen LogP contribution in [0.15, 0.2) is 16.7 Å². The summed E-state index contributed by atoms with van der Waals surface area (Å²) in [7, 11) is 0. The Labute approximate surface area is 99.6 Å². The van der Waals surface area contributed by atoms with Crippen LogP contribution in [0.2, 0.25) is 0 Å². The SMILES string of the molecule is CCC(Nc1cc(C)c(Br)cn1)C1CC1. The van der Waals surface area contributed by atoms with Crippen molar-refractivity contribution in [3.8, 4) is 0 Å². The molecule has 0 aliphatic heterocycles. The van der Waals surface area contributed by atoms with Crippen LogP contribution in [-0.4, -0.2) is 11.0 Å². The molecule has 2 nitrogen and oxygen atoms in total. The maximum atomic E-state index is 4.38. The van der Waals surface area contributed by atoms with Gasteiger partial charge < -0.3 is 5.32 Å². The summed E-state index contributed by atoms with van der Waals surface area (Å²) in [5.41, 5.74) is 1.23. The van der Waals surface area contributed by atoms with Crippen molar-refractivity contribution in [2.75, 3.05) is 5.32 Å². The van der Waals surface area contributed by atoms with Gasteiger partial charge in [0.15, 0.2) is 0 Å². The highest BCUT2D eigenvalue weighted by molar-refractivity contribution is 9.10. The fraction of sp³-hybridized carbons (Fsp3) is 0.583. The Morgan fingerprint density at radius 2 is 2.33 bits per heavy atom. The highest BCUT2D eigenvalue weighted by Gasteiger charge is 2.29. The number of nitrogens with zero attached hydrogens (tertiary/aromatic N) is 1. The highest BCUT2D eigenvalue weighted by atomic mass is 79.9. The molecule has 15 heavy (non-hydrogen) atoms. The Kier molecular flexibility index (Phi) is 3.29. The van der Waals surface area contributed by atoms with Crippen molar-refractivity contribution in [1.82, 2.24) is 4.98 Å². The summed E-state index contributed by atoms with van der Waals surface area (Å²) in [6.45, 7) is 4.33. The predicted octanol–water partition coefficient (Wildman–Crippen LogP) is 3.75. The van der Waals surface area contributed by atoms with Gasteiger partial charge in [-0.05, 0) is 59.7 Å².